The maximum absolute atomic E-state index is 13.3. The van der Waals surface area contributed by atoms with Gasteiger partial charge in [0, 0.05) is 18.5 Å². The number of hydrogen-bond acceptors (Lipinski definition) is 5. The Labute approximate surface area is 175 Å². The molecule has 158 valence electrons. The Morgan fingerprint density at radius 3 is 2.87 bits per heavy atom. The van der Waals surface area contributed by atoms with Gasteiger partial charge in [0.05, 0.1) is 32.2 Å². The molecule has 0 N–H and O–H groups in total. The molecule has 3 saturated heterocycles. The highest BCUT2D eigenvalue weighted by molar-refractivity contribution is 5.94. The molecule has 3 fully saturated rings. The average molecular weight is 410 g/mol. The average Bonchev–Trinajstić information content (AvgIpc) is 3.49. The molecule has 0 bridgehead atoms. The lowest BCUT2D eigenvalue weighted by Crippen LogP contribution is -2.51. The van der Waals surface area contributed by atoms with Gasteiger partial charge < -0.3 is 23.7 Å². The molecule has 5 rings (SSSR count). The van der Waals surface area contributed by atoms with Gasteiger partial charge in [-0.1, -0.05) is 26.0 Å². The molecule has 2 aromatic rings. The van der Waals surface area contributed by atoms with Gasteiger partial charge >= 0.3 is 0 Å². The van der Waals surface area contributed by atoms with E-state index in [0.717, 1.165) is 11.3 Å². The standard InChI is InChI=1S/C23H26N2O5/c1-14(2)17-13-29-23-9-10-24(20(23)12-21(26)25(17)23)22(27)19-8-7-18(30-19)15-5-4-6-16(11-15)28-3/h4-8,11,14,17,20H,9-10,12-13H2,1-3H3/t17-,20+,23-/m0/s1. The summed E-state index contributed by atoms with van der Waals surface area (Å²) in [6.45, 7) is 5.29. The van der Waals surface area contributed by atoms with Crippen molar-refractivity contribution in [2.75, 3.05) is 20.3 Å². The number of methoxy groups -OCH3 is 1. The van der Waals surface area contributed by atoms with Crippen molar-refractivity contribution in [1.82, 2.24) is 9.80 Å². The molecule has 1 aromatic carbocycles. The van der Waals surface area contributed by atoms with Crippen LogP contribution in [0.3, 0.4) is 0 Å². The van der Waals surface area contributed by atoms with Gasteiger partial charge in [0.2, 0.25) is 5.91 Å². The normalized spacial score (nSPS) is 27.7. The molecule has 0 unspecified atom stereocenters. The van der Waals surface area contributed by atoms with Crippen molar-refractivity contribution in [3.05, 3.63) is 42.2 Å². The first-order valence-corrected chi connectivity index (χ1v) is 10.5. The molecule has 3 aliphatic heterocycles. The summed E-state index contributed by atoms with van der Waals surface area (Å²) in [5.74, 6) is 1.79. The van der Waals surface area contributed by atoms with E-state index in [-0.39, 0.29) is 29.7 Å². The first-order chi connectivity index (χ1) is 14.4. The van der Waals surface area contributed by atoms with Crippen LogP contribution in [0.5, 0.6) is 5.75 Å². The van der Waals surface area contributed by atoms with E-state index in [1.807, 2.05) is 29.2 Å². The van der Waals surface area contributed by atoms with Gasteiger partial charge in [-0.05, 0) is 30.2 Å². The van der Waals surface area contributed by atoms with Crippen LogP contribution in [-0.2, 0) is 9.53 Å². The summed E-state index contributed by atoms with van der Waals surface area (Å²) in [7, 11) is 1.61. The highest BCUT2D eigenvalue weighted by atomic mass is 16.5. The van der Waals surface area contributed by atoms with Crippen molar-refractivity contribution >= 4 is 11.8 Å². The Morgan fingerprint density at radius 2 is 2.10 bits per heavy atom. The van der Waals surface area contributed by atoms with Crippen molar-refractivity contribution < 1.29 is 23.5 Å². The number of likely N-dealkylation sites (tertiary alicyclic amines) is 1. The smallest absolute Gasteiger partial charge is 0.290 e. The summed E-state index contributed by atoms with van der Waals surface area (Å²) in [6, 6.07) is 10.8. The van der Waals surface area contributed by atoms with Gasteiger partial charge in [-0.15, -0.1) is 0 Å². The maximum Gasteiger partial charge on any atom is 0.290 e. The van der Waals surface area contributed by atoms with Gasteiger partial charge in [-0.2, -0.15) is 0 Å². The maximum atomic E-state index is 13.3. The molecular formula is C23H26N2O5. The highest BCUT2D eigenvalue weighted by Crippen LogP contribution is 2.49. The molecule has 7 nitrogen and oxygen atoms in total. The Hall–Kier alpha value is -2.80. The van der Waals surface area contributed by atoms with E-state index in [1.165, 1.54) is 0 Å². The summed E-state index contributed by atoms with van der Waals surface area (Å²) >= 11 is 0. The second kappa shape index (κ2) is 6.87. The Bertz CT molecular complexity index is 999. The largest absolute Gasteiger partial charge is 0.497 e. The summed E-state index contributed by atoms with van der Waals surface area (Å²) in [4.78, 5) is 29.8. The van der Waals surface area contributed by atoms with E-state index in [1.54, 1.807) is 24.1 Å². The van der Waals surface area contributed by atoms with Crippen LogP contribution in [0.1, 0.15) is 37.2 Å². The Kier molecular flexibility index (Phi) is 4.39. The molecule has 0 radical (unpaired) electrons. The quantitative estimate of drug-likeness (QED) is 0.774. The van der Waals surface area contributed by atoms with Gasteiger partial charge in [0.15, 0.2) is 11.5 Å². The van der Waals surface area contributed by atoms with Gasteiger partial charge in [-0.25, -0.2) is 0 Å². The van der Waals surface area contributed by atoms with E-state index in [9.17, 15) is 9.59 Å². The molecule has 0 aliphatic carbocycles. The number of rotatable bonds is 4. The predicted octanol–water partition coefficient (Wildman–Crippen LogP) is 3.15. The number of ether oxygens (including phenoxy) is 2. The lowest BCUT2D eigenvalue weighted by Gasteiger charge is -2.34. The fourth-order valence-corrected chi connectivity index (χ4v) is 5.14. The SMILES string of the molecule is COc1cccc(-c2ccc(C(=O)N3CC[C@@]45OC[C@@H](C(C)C)N4C(=O)C[C@@H]35)o2)c1. The minimum Gasteiger partial charge on any atom is -0.497 e. The number of nitrogens with zero attached hydrogens (tertiary/aromatic N) is 2. The van der Waals surface area contributed by atoms with Crippen LogP contribution in [0.25, 0.3) is 11.3 Å². The van der Waals surface area contributed by atoms with E-state index >= 15 is 0 Å². The van der Waals surface area contributed by atoms with E-state index in [2.05, 4.69) is 13.8 Å². The number of carbonyl (C=O) groups is 2. The fraction of sp³-hybridized carbons (Fsp3) is 0.478. The van der Waals surface area contributed by atoms with Crippen molar-refractivity contribution in [2.45, 2.75) is 44.5 Å². The fourth-order valence-electron chi connectivity index (χ4n) is 5.14. The van der Waals surface area contributed by atoms with Crippen LogP contribution in [0.4, 0.5) is 0 Å². The third-order valence-corrected chi connectivity index (χ3v) is 6.69. The van der Waals surface area contributed by atoms with E-state index in [0.29, 0.717) is 37.7 Å². The topological polar surface area (TPSA) is 72.2 Å². The Morgan fingerprint density at radius 1 is 1.27 bits per heavy atom. The molecule has 2 amide bonds. The summed E-state index contributed by atoms with van der Waals surface area (Å²) in [5.41, 5.74) is 0.164. The zero-order chi connectivity index (χ0) is 21.0. The molecular weight excluding hydrogens is 384 g/mol. The van der Waals surface area contributed by atoms with E-state index in [4.69, 9.17) is 13.9 Å². The van der Waals surface area contributed by atoms with Crippen molar-refractivity contribution in [2.24, 2.45) is 5.92 Å². The van der Waals surface area contributed by atoms with Crippen molar-refractivity contribution in [1.29, 1.82) is 0 Å². The second-order valence-electron chi connectivity index (χ2n) is 8.60. The third kappa shape index (κ3) is 2.68. The zero-order valence-corrected chi connectivity index (χ0v) is 17.5. The predicted molar refractivity (Wildman–Crippen MR) is 109 cm³/mol. The molecule has 30 heavy (non-hydrogen) atoms. The second-order valence-corrected chi connectivity index (χ2v) is 8.60. The minimum absolute atomic E-state index is 0.0702. The molecule has 1 aromatic heterocycles. The Balaban J connectivity index is 1.40. The molecule has 3 aliphatic rings. The van der Waals surface area contributed by atoms with Crippen LogP contribution in [0.15, 0.2) is 40.8 Å². The number of carbonyl (C=O) groups excluding carboxylic acids is 2. The van der Waals surface area contributed by atoms with Gasteiger partial charge in [0.1, 0.15) is 11.5 Å². The van der Waals surface area contributed by atoms with E-state index < -0.39 is 5.72 Å². The summed E-state index contributed by atoms with van der Waals surface area (Å²) in [5, 5.41) is 0. The van der Waals surface area contributed by atoms with Crippen LogP contribution >= 0.6 is 0 Å². The van der Waals surface area contributed by atoms with Crippen LogP contribution in [0, 0.1) is 5.92 Å². The molecule has 1 spiro atoms. The highest BCUT2D eigenvalue weighted by Gasteiger charge is 2.65. The minimum atomic E-state index is -0.677. The lowest BCUT2D eigenvalue weighted by molar-refractivity contribution is -0.139. The third-order valence-electron chi connectivity index (χ3n) is 6.69. The summed E-state index contributed by atoms with van der Waals surface area (Å²) < 4.78 is 17.4. The lowest BCUT2D eigenvalue weighted by atomic mass is 10.0. The number of hydrogen-bond donors (Lipinski definition) is 0. The molecule has 4 heterocycles. The van der Waals surface area contributed by atoms with Crippen LogP contribution in [-0.4, -0.2) is 59.7 Å². The van der Waals surface area contributed by atoms with Crippen LogP contribution < -0.4 is 4.74 Å². The van der Waals surface area contributed by atoms with Crippen molar-refractivity contribution in [3.63, 3.8) is 0 Å². The first-order valence-electron chi connectivity index (χ1n) is 10.5. The zero-order valence-electron chi connectivity index (χ0n) is 17.5. The number of furan rings is 1. The molecule has 7 heteroatoms. The van der Waals surface area contributed by atoms with Crippen LogP contribution in [0.2, 0.25) is 0 Å². The van der Waals surface area contributed by atoms with Gasteiger partial charge in [-0.3, -0.25) is 9.59 Å². The van der Waals surface area contributed by atoms with Gasteiger partial charge in [0.25, 0.3) is 5.91 Å². The first kappa shape index (κ1) is 19.2. The molecule has 3 atom stereocenters. The van der Waals surface area contributed by atoms with Crippen molar-refractivity contribution in [3.8, 4) is 17.1 Å². The summed E-state index contributed by atoms with van der Waals surface area (Å²) in [6.07, 6.45) is 0.945. The number of amides is 2. The molecule has 0 saturated carbocycles. The number of benzene rings is 1. The monoisotopic (exact) mass is 410 g/mol.